The minimum absolute atomic E-state index is 0.268. The Morgan fingerprint density at radius 2 is 2.00 bits per heavy atom. The van der Waals surface area contributed by atoms with Crippen molar-refractivity contribution in [3.8, 4) is 17.1 Å². The maximum atomic E-state index is 14.7. The Hall–Kier alpha value is -3.32. The van der Waals surface area contributed by atoms with E-state index in [4.69, 9.17) is 9.72 Å². The molecule has 3 aromatic rings. The third-order valence-electron chi connectivity index (χ3n) is 6.05. The highest BCUT2D eigenvalue weighted by atomic mass is 19.1. The molecule has 2 aromatic heterocycles. The highest BCUT2D eigenvalue weighted by molar-refractivity contribution is 5.88. The molecule has 0 aliphatic carbocycles. The molecule has 3 heterocycles. The smallest absolute Gasteiger partial charge is 0.136 e. The Bertz CT molecular complexity index is 1140. The molecule has 1 saturated heterocycles. The van der Waals surface area contributed by atoms with Gasteiger partial charge in [-0.1, -0.05) is 12.1 Å². The fourth-order valence-corrected chi connectivity index (χ4v) is 4.18. The molecule has 4 rings (SSSR count). The van der Waals surface area contributed by atoms with E-state index in [-0.39, 0.29) is 5.56 Å². The van der Waals surface area contributed by atoms with Crippen LogP contribution in [0, 0.1) is 12.7 Å². The number of aryl methyl sites for hydroxylation is 1. The van der Waals surface area contributed by atoms with Crippen LogP contribution >= 0.6 is 0 Å². The maximum absolute atomic E-state index is 14.7. The van der Waals surface area contributed by atoms with Gasteiger partial charge in [-0.15, -0.1) is 0 Å². The number of methoxy groups -OCH3 is 1. The first-order valence-electron chi connectivity index (χ1n) is 10.7. The molecule has 0 spiro atoms. The number of aliphatic imine (C=N–C) groups is 1. The Labute approximate surface area is 187 Å². The fourth-order valence-electron chi connectivity index (χ4n) is 4.18. The summed E-state index contributed by atoms with van der Waals surface area (Å²) in [6, 6.07) is 10.8. The van der Waals surface area contributed by atoms with Crippen LogP contribution in [0.2, 0.25) is 0 Å². The Morgan fingerprint density at radius 3 is 2.72 bits per heavy atom. The maximum Gasteiger partial charge on any atom is 0.136 e. The van der Waals surface area contributed by atoms with Crippen LogP contribution in [0.5, 0.6) is 5.75 Å². The first-order chi connectivity index (χ1) is 15.5. The van der Waals surface area contributed by atoms with Gasteiger partial charge in [-0.2, -0.15) is 5.10 Å². The molecule has 7 heteroatoms. The van der Waals surface area contributed by atoms with Crippen LogP contribution in [-0.2, 0) is 0 Å². The second-order valence-electron chi connectivity index (χ2n) is 8.14. The SMILES string of the molecule is C=N/C(=C\c1c(-c2cccc(C3CCN(C)CC3)n2)n[nH]c1C)c1c(F)cccc1OC. The van der Waals surface area contributed by atoms with E-state index in [2.05, 4.69) is 39.9 Å². The molecule has 0 saturated carbocycles. The summed E-state index contributed by atoms with van der Waals surface area (Å²) in [6.45, 7) is 7.72. The number of aromatic amines is 1. The molecule has 1 aliphatic heterocycles. The second-order valence-corrected chi connectivity index (χ2v) is 8.14. The average molecular weight is 434 g/mol. The molecule has 32 heavy (non-hydrogen) atoms. The van der Waals surface area contributed by atoms with Gasteiger partial charge in [0.1, 0.15) is 17.3 Å². The molecule has 0 radical (unpaired) electrons. The molecule has 1 N–H and O–H groups in total. The van der Waals surface area contributed by atoms with E-state index < -0.39 is 5.82 Å². The highest BCUT2D eigenvalue weighted by Crippen LogP contribution is 2.34. The number of benzene rings is 1. The summed E-state index contributed by atoms with van der Waals surface area (Å²) in [7, 11) is 3.66. The fraction of sp³-hybridized carbons (Fsp3) is 0.320. The topological polar surface area (TPSA) is 66.4 Å². The van der Waals surface area contributed by atoms with Gasteiger partial charge in [-0.25, -0.2) is 4.39 Å². The van der Waals surface area contributed by atoms with Gasteiger partial charge in [-0.05, 0) is 77.0 Å². The standard InChI is InChI=1S/C25H28FN5O/c1-16-18(15-22(27-2)24-19(26)7-5-10-23(24)32-4)25(30-29-16)21-9-6-8-20(28-21)17-11-13-31(3)14-12-17/h5-10,15,17H,2,11-14H2,1,3-4H3,(H,29,30)/b22-15-. The van der Waals surface area contributed by atoms with Crippen LogP contribution in [0.15, 0.2) is 41.4 Å². The molecule has 1 aromatic carbocycles. The van der Waals surface area contributed by atoms with Crippen LogP contribution in [-0.4, -0.2) is 54.0 Å². The average Bonchev–Trinajstić information content (AvgIpc) is 3.18. The Morgan fingerprint density at radius 1 is 1.25 bits per heavy atom. The largest absolute Gasteiger partial charge is 0.496 e. The zero-order chi connectivity index (χ0) is 22.7. The minimum Gasteiger partial charge on any atom is -0.496 e. The lowest BCUT2D eigenvalue weighted by atomic mass is 9.93. The summed E-state index contributed by atoms with van der Waals surface area (Å²) in [4.78, 5) is 11.4. The van der Waals surface area contributed by atoms with Crippen molar-refractivity contribution in [1.82, 2.24) is 20.1 Å². The van der Waals surface area contributed by atoms with Crippen molar-refractivity contribution < 1.29 is 9.13 Å². The molecule has 1 fully saturated rings. The lowest BCUT2D eigenvalue weighted by Crippen LogP contribution is -2.29. The van der Waals surface area contributed by atoms with Gasteiger partial charge in [-0.3, -0.25) is 15.1 Å². The van der Waals surface area contributed by atoms with Gasteiger partial charge >= 0.3 is 0 Å². The first kappa shape index (κ1) is 21.9. The number of rotatable bonds is 6. The quantitative estimate of drug-likeness (QED) is 0.560. The number of nitrogens with one attached hydrogen (secondary N) is 1. The first-order valence-corrected chi connectivity index (χ1v) is 10.7. The number of H-pyrrole nitrogens is 1. The number of nitrogens with zero attached hydrogens (tertiary/aromatic N) is 4. The second kappa shape index (κ2) is 9.44. The zero-order valence-electron chi connectivity index (χ0n) is 18.7. The number of pyridine rings is 1. The van der Waals surface area contributed by atoms with E-state index in [0.29, 0.717) is 23.1 Å². The van der Waals surface area contributed by atoms with Gasteiger partial charge in [0.15, 0.2) is 0 Å². The molecule has 0 unspecified atom stereocenters. The van der Waals surface area contributed by atoms with Crippen LogP contribution < -0.4 is 4.74 Å². The summed E-state index contributed by atoms with van der Waals surface area (Å²) in [6.07, 6.45) is 3.97. The summed E-state index contributed by atoms with van der Waals surface area (Å²) in [5.41, 5.74) is 4.84. The number of piperidine rings is 1. The van der Waals surface area contributed by atoms with Crippen LogP contribution in [0.1, 0.15) is 41.3 Å². The summed E-state index contributed by atoms with van der Waals surface area (Å²) < 4.78 is 20.0. The number of likely N-dealkylation sites (tertiary alicyclic amines) is 1. The van der Waals surface area contributed by atoms with Gasteiger partial charge in [0, 0.05) is 22.9 Å². The third kappa shape index (κ3) is 4.34. The van der Waals surface area contributed by atoms with Gasteiger partial charge in [0.2, 0.25) is 0 Å². The molecule has 0 atom stereocenters. The van der Waals surface area contributed by atoms with Crippen molar-refractivity contribution in [1.29, 1.82) is 0 Å². The van der Waals surface area contributed by atoms with E-state index in [1.54, 1.807) is 18.2 Å². The van der Waals surface area contributed by atoms with Crippen molar-refractivity contribution in [3.05, 3.63) is 64.7 Å². The lowest BCUT2D eigenvalue weighted by molar-refractivity contribution is 0.253. The predicted molar refractivity (Wildman–Crippen MR) is 126 cm³/mol. The highest BCUT2D eigenvalue weighted by Gasteiger charge is 2.21. The molecule has 166 valence electrons. The molecular formula is C25H28FN5O. The van der Waals surface area contributed by atoms with Gasteiger partial charge < -0.3 is 9.64 Å². The van der Waals surface area contributed by atoms with Crippen LogP contribution in [0.3, 0.4) is 0 Å². The number of ether oxygens (including phenoxy) is 1. The number of hydrogen-bond acceptors (Lipinski definition) is 5. The molecule has 0 bridgehead atoms. The van der Waals surface area contributed by atoms with Crippen molar-refractivity contribution >= 4 is 18.5 Å². The number of halogens is 1. The molecule has 0 amide bonds. The van der Waals surface area contributed by atoms with E-state index in [0.717, 1.165) is 48.6 Å². The Balaban J connectivity index is 1.75. The van der Waals surface area contributed by atoms with Crippen molar-refractivity contribution in [2.45, 2.75) is 25.7 Å². The zero-order valence-corrected chi connectivity index (χ0v) is 18.7. The molecular weight excluding hydrogens is 405 g/mol. The molecule has 6 nitrogen and oxygen atoms in total. The van der Waals surface area contributed by atoms with Crippen molar-refractivity contribution in [3.63, 3.8) is 0 Å². The minimum atomic E-state index is -0.423. The summed E-state index contributed by atoms with van der Waals surface area (Å²) >= 11 is 0. The van der Waals surface area contributed by atoms with E-state index in [1.807, 2.05) is 19.1 Å². The van der Waals surface area contributed by atoms with E-state index in [1.165, 1.54) is 13.2 Å². The summed E-state index contributed by atoms with van der Waals surface area (Å²) in [5, 5.41) is 7.54. The predicted octanol–water partition coefficient (Wildman–Crippen LogP) is 4.94. The third-order valence-corrected chi connectivity index (χ3v) is 6.05. The van der Waals surface area contributed by atoms with Crippen molar-refractivity contribution in [2.75, 3.05) is 27.2 Å². The normalized spacial score (nSPS) is 15.7. The van der Waals surface area contributed by atoms with E-state index >= 15 is 0 Å². The Kier molecular flexibility index (Phi) is 6.46. The van der Waals surface area contributed by atoms with Crippen molar-refractivity contribution in [2.24, 2.45) is 4.99 Å². The number of hydrogen-bond donors (Lipinski definition) is 1. The van der Waals surface area contributed by atoms with Gasteiger partial charge in [0.25, 0.3) is 0 Å². The lowest BCUT2D eigenvalue weighted by Gasteiger charge is -2.28. The summed E-state index contributed by atoms with van der Waals surface area (Å²) in [5.74, 6) is 0.417. The monoisotopic (exact) mass is 433 g/mol. The van der Waals surface area contributed by atoms with E-state index in [9.17, 15) is 4.39 Å². The van der Waals surface area contributed by atoms with Crippen LogP contribution in [0.4, 0.5) is 4.39 Å². The van der Waals surface area contributed by atoms with Gasteiger partial charge in [0.05, 0.1) is 24.1 Å². The molecule has 1 aliphatic rings. The number of aromatic nitrogens is 3. The van der Waals surface area contributed by atoms with Crippen LogP contribution in [0.25, 0.3) is 23.2 Å².